The van der Waals surface area contributed by atoms with Crippen LogP contribution in [0.1, 0.15) is 39.5 Å². The molecule has 2 heterocycles. The van der Waals surface area contributed by atoms with E-state index < -0.39 is 12.1 Å². The second kappa shape index (κ2) is 8.10. The molecule has 5 heteroatoms. The fourth-order valence-corrected chi connectivity index (χ4v) is 2.41. The lowest BCUT2D eigenvalue weighted by atomic mass is 10.1. The standard InChI is InChI=1S/C7H13F2N.C7H14FN/c1-2-10-5-3-7(8,9)4-6-10;1-2-9-5-3-7(8)4-6-9/h2-6H2,1H3;7H,2-6H2,1H3. The van der Waals surface area contributed by atoms with Gasteiger partial charge in [0.2, 0.25) is 0 Å². The first-order chi connectivity index (χ1) is 8.96. The summed E-state index contributed by atoms with van der Waals surface area (Å²) < 4.78 is 37.4. The fourth-order valence-electron chi connectivity index (χ4n) is 2.41. The van der Waals surface area contributed by atoms with Crippen LogP contribution in [0.2, 0.25) is 0 Å². The first kappa shape index (κ1) is 16.8. The molecular weight excluding hydrogens is 253 g/mol. The molecule has 2 saturated heterocycles. The normalized spacial score (nSPS) is 25.7. The summed E-state index contributed by atoms with van der Waals surface area (Å²) in [6.45, 7) is 9.13. The number of likely N-dealkylation sites (tertiary alicyclic amines) is 2. The van der Waals surface area contributed by atoms with E-state index in [0.717, 1.165) is 39.0 Å². The van der Waals surface area contributed by atoms with E-state index in [-0.39, 0.29) is 12.8 Å². The maximum absolute atomic E-state index is 12.5. The van der Waals surface area contributed by atoms with Gasteiger partial charge in [0.25, 0.3) is 5.92 Å². The van der Waals surface area contributed by atoms with Gasteiger partial charge in [0.05, 0.1) is 0 Å². The molecule has 2 fully saturated rings. The average Bonchev–Trinajstić information content (AvgIpc) is 2.40. The molecule has 0 aromatic rings. The highest BCUT2D eigenvalue weighted by atomic mass is 19.3. The van der Waals surface area contributed by atoms with Crippen LogP contribution in [0.3, 0.4) is 0 Å². The summed E-state index contributed by atoms with van der Waals surface area (Å²) in [4.78, 5) is 4.34. The van der Waals surface area contributed by atoms with Gasteiger partial charge in [-0.05, 0) is 25.9 Å². The van der Waals surface area contributed by atoms with E-state index >= 15 is 0 Å². The Bertz CT molecular complexity index is 231. The molecule has 0 atom stereocenters. The van der Waals surface area contributed by atoms with Crippen LogP contribution in [0.5, 0.6) is 0 Å². The molecule has 2 aliphatic rings. The zero-order chi connectivity index (χ0) is 14.3. The van der Waals surface area contributed by atoms with E-state index in [4.69, 9.17) is 0 Å². The zero-order valence-electron chi connectivity index (χ0n) is 12.2. The molecule has 2 aliphatic heterocycles. The van der Waals surface area contributed by atoms with Crippen LogP contribution in [0.25, 0.3) is 0 Å². The van der Waals surface area contributed by atoms with Gasteiger partial charge in [0.15, 0.2) is 0 Å². The van der Waals surface area contributed by atoms with Gasteiger partial charge in [0, 0.05) is 39.0 Å². The Morgan fingerprint density at radius 1 is 0.895 bits per heavy atom. The van der Waals surface area contributed by atoms with E-state index in [1.165, 1.54) is 0 Å². The van der Waals surface area contributed by atoms with E-state index in [9.17, 15) is 13.2 Å². The van der Waals surface area contributed by atoms with Crippen molar-refractivity contribution in [2.75, 3.05) is 39.3 Å². The van der Waals surface area contributed by atoms with Gasteiger partial charge in [-0.2, -0.15) is 0 Å². The molecule has 0 aromatic heterocycles. The molecule has 2 nitrogen and oxygen atoms in total. The van der Waals surface area contributed by atoms with Crippen molar-refractivity contribution in [3.63, 3.8) is 0 Å². The Morgan fingerprint density at radius 3 is 1.74 bits per heavy atom. The lowest BCUT2D eigenvalue weighted by Crippen LogP contribution is -2.38. The number of hydrogen-bond donors (Lipinski definition) is 0. The third kappa shape index (κ3) is 6.61. The van der Waals surface area contributed by atoms with Crippen molar-refractivity contribution in [2.24, 2.45) is 0 Å². The molecule has 19 heavy (non-hydrogen) atoms. The number of hydrogen-bond acceptors (Lipinski definition) is 2. The molecule has 0 N–H and O–H groups in total. The van der Waals surface area contributed by atoms with E-state index in [2.05, 4.69) is 16.7 Å². The lowest BCUT2D eigenvalue weighted by molar-refractivity contribution is -0.0540. The van der Waals surface area contributed by atoms with Gasteiger partial charge >= 0.3 is 0 Å². The molecule has 0 bridgehead atoms. The largest absolute Gasteiger partial charge is 0.303 e. The highest BCUT2D eigenvalue weighted by molar-refractivity contribution is 4.76. The van der Waals surface area contributed by atoms with Gasteiger partial charge < -0.3 is 9.80 Å². The molecule has 0 spiro atoms. The minimum atomic E-state index is -2.38. The molecular formula is C14H27F3N2. The quantitative estimate of drug-likeness (QED) is 0.766. The third-order valence-corrected chi connectivity index (χ3v) is 4.00. The van der Waals surface area contributed by atoms with E-state index in [0.29, 0.717) is 13.1 Å². The van der Waals surface area contributed by atoms with Crippen LogP contribution in [0.15, 0.2) is 0 Å². The van der Waals surface area contributed by atoms with E-state index in [1.54, 1.807) is 0 Å². The zero-order valence-corrected chi connectivity index (χ0v) is 12.2. The van der Waals surface area contributed by atoms with Crippen molar-refractivity contribution in [1.29, 1.82) is 0 Å². The van der Waals surface area contributed by atoms with Gasteiger partial charge in [-0.3, -0.25) is 0 Å². The Balaban J connectivity index is 0.000000191. The second-order valence-electron chi connectivity index (χ2n) is 5.40. The number of piperidine rings is 2. The smallest absolute Gasteiger partial charge is 0.250 e. The number of nitrogens with zero attached hydrogens (tertiary/aromatic N) is 2. The van der Waals surface area contributed by atoms with Crippen molar-refractivity contribution in [3.05, 3.63) is 0 Å². The molecule has 0 saturated carbocycles. The monoisotopic (exact) mass is 280 g/mol. The number of halogens is 3. The Labute approximate surface area is 114 Å². The van der Waals surface area contributed by atoms with Crippen LogP contribution < -0.4 is 0 Å². The van der Waals surface area contributed by atoms with Gasteiger partial charge in [0.1, 0.15) is 6.17 Å². The highest BCUT2D eigenvalue weighted by Gasteiger charge is 2.33. The van der Waals surface area contributed by atoms with Crippen molar-refractivity contribution in [3.8, 4) is 0 Å². The van der Waals surface area contributed by atoms with Crippen molar-refractivity contribution in [1.82, 2.24) is 9.80 Å². The minimum absolute atomic E-state index is 0.0425. The van der Waals surface area contributed by atoms with Crippen molar-refractivity contribution < 1.29 is 13.2 Å². The SMILES string of the molecule is CCN1CCC(F)(F)CC1.CCN1CCC(F)CC1. The first-order valence-corrected chi connectivity index (χ1v) is 7.43. The summed E-state index contributed by atoms with van der Waals surface area (Å²) in [5, 5.41) is 0. The fraction of sp³-hybridized carbons (Fsp3) is 1.00. The van der Waals surface area contributed by atoms with Crippen LogP contribution >= 0.6 is 0 Å². The third-order valence-electron chi connectivity index (χ3n) is 4.00. The maximum atomic E-state index is 12.5. The van der Waals surface area contributed by atoms with Crippen LogP contribution in [0.4, 0.5) is 13.2 Å². The Hall–Kier alpha value is -0.290. The van der Waals surface area contributed by atoms with E-state index in [1.807, 2.05) is 6.92 Å². The van der Waals surface area contributed by atoms with Crippen molar-refractivity contribution in [2.45, 2.75) is 51.6 Å². The predicted octanol–water partition coefficient (Wildman–Crippen LogP) is 3.18. The topological polar surface area (TPSA) is 6.48 Å². The molecule has 0 aromatic carbocycles. The van der Waals surface area contributed by atoms with Gasteiger partial charge in [-0.15, -0.1) is 0 Å². The summed E-state index contributed by atoms with van der Waals surface area (Å²) in [5.41, 5.74) is 0. The number of alkyl halides is 3. The Morgan fingerprint density at radius 2 is 1.32 bits per heavy atom. The summed E-state index contributed by atoms with van der Waals surface area (Å²) >= 11 is 0. The molecule has 0 unspecified atom stereocenters. The van der Waals surface area contributed by atoms with Gasteiger partial charge in [-0.1, -0.05) is 13.8 Å². The molecule has 0 radical (unpaired) electrons. The number of rotatable bonds is 2. The minimum Gasteiger partial charge on any atom is -0.303 e. The summed E-state index contributed by atoms with van der Waals surface area (Å²) in [7, 11) is 0. The lowest BCUT2D eigenvalue weighted by Gasteiger charge is -2.30. The maximum Gasteiger partial charge on any atom is 0.250 e. The van der Waals surface area contributed by atoms with Crippen molar-refractivity contribution >= 4 is 0 Å². The second-order valence-corrected chi connectivity index (χ2v) is 5.40. The van der Waals surface area contributed by atoms with Gasteiger partial charge in [-0.25, -0.2) is 13.2 Å². The molecule has 0 aliphatic carbocycles. The Kier molecular flexibility index (Phi) is 7.15. The van der Waals surface area contributed by atoms with Crippen LogP contribution in [-0.2, 0) is 0 Å². The highest BCUT2D eigenvalue weighted by Crippen LogP contribution is 2.27. The summed E-state index contributed by atoms with van der Waals surface area (Å²) in [6.07, 6.45) is 1.05. The van der Waals surface area contributed by atoms with Crippen LogP contribution in [-0.4, -0.2) is 61.2 Å². The predicted molar refractivity (Wildman–Crippen MR) is 72.5 cm³/mol. The average molecular weight is 280 g/mol. The summed E-state index contributed by atoms with van der Waals surface area (Å²) in [5.74, 6) is -2.38. The molecule has 114 valence electrons. The first-order valence-electron chi connectivity index (χ1n) is 7.43. The van der Waals surface area contributed by atoms with Crippen LogP contribution in [0, 0.1) is 0 Å². The molecule has 2 rings (SSSR count). The molecule has 0 amide bonds. The summed E-state index contributed by atoms with van der Waals surface area (Å²) in [6, 6.07) is 0.